The summed E-state index contributed by atoms with van der Waals surface area (Å²) in [6.07, 6.45) is 1.98. The Morgan fingerprint density at radius 2 is 1.85 bits per heavy atom. The summed E-state index contributed by atoms with van der Waals surface area (Å²) in [5.41, 5.74) is 2.72. The monoisotopic (exact) mass is 288 g/mol. The summed E-state index contributed by atoms with van der Waals surface area (Å²) in [6, 6.07) is 7.77. The van der Waals surface area contributed by atoms with E-state index in [9.17, 15) is 0 Å². The molecule has 5 heteroatoms. The summed E-state index contributed by atoms with van der Waals surface area (Å²) in [5, 5.41) is 15.1. The van der Waals surface area contributed by atoms with Gasteiger partial charge in [-0.05, 0) is 26.8 Å². The van der Waals surface area contributed by atoms with Crippen molar-refractivity contribution in [3.8, 4) is 0 Å². The number of benzene rings is 1. The van der Waals surface area contributed by atoms with Crippen LogP contribution in [0.1, 0.15) is 20.8 Å². The van der Waals surface area contributed by atoms with Crippen molar-refractivity contribution >= 4 is 28.1 Å². The Bertz CT molecular complexity index is 765. The van der Waals surface area contributed by atoms with Gasteiger partial charge in [-0.1, -0.05) is 41.4 Å². The van der Waals surface area contributed by atoms with Gasteiger partial charge in [0.1, 0.15) is 0 Å². The topological polar surface area (TPSA) is 42.5 Å². The van der Waals surface area contributed by atoms with Crippen LogP contribution in [0.2, 0.25) is 5.15 Å². The van der Waals surface area contributed by atoms with Crippen LogP contribution in [-0.4, -0.2) is 15.5 Å². The average molecular weight is 289 g/mol. The Labute approximate surface area is 123 Å². The van der Waals surface area contributed by atoms with Crippen LogP contribution in [0, 0.1) is 0 Å². The lowest BCUT2D eigenvalue weighted by Crippen LogP contribution is -2.21. The van der Waals surface area contributed by atoms with Crippen LogP contribution in [-0.2, 0) is 7.05 Å². The lowest BCUT2D eigenvalue weighted by molar-refractivity contribution is 0.696. The first-order chi connectivity index (χ1) is 9.49. The predicted molar refractivity (Wildman–Crippen MR) is 83.8 cm³/mol. The Hall–Kier alpha value is -1.94. The number of aryl methyl sites for hydroxylation is 1. The van der Waals surface area contributed by atoms with Gasteiger partial charge >= 0.3 is 0 Å². The van der Waals surface area contributed by atoms with Gasteiger partial charge in [-0.25, -0.2) is 4.68 Å². The maximum Gasteiger partial charge on any atom is 0.179 e. The molecular formula is C15H17ClN4. The molecule has 0 spiro atoms. The van der Waals surface area contributed by atoms with Crippen LogP contribution in [0.5, 0.6) is 0 Å². The zero-order chi connectivity index (χ0) is 14.7. The van der Waals surface area contributed by atoms with Gasteiger partial charge in [0.2, 0.25) is 0 Å². The molecular weight excluding hydrogens is 272 g/mol. The highest BCUT2D eigenvalue weighted by Crippen LogP contribution is 2.17. The third kappa shape index (κ3) is 3.14. The number of aromatic nitrogens is 2. The Balaban J connectivity index is 2.69. The Morgan fingerprint density at radius 3 is 2.50 bits per heavy atom. The Morgan fingerprint density at radius 1 is 1.20 bits per heavy atom. The van der Waals surface area contributed by atoms with E-state index >= 15 is 0 Å². The molecule has 0 N–H and O–H groups in total. The van der Waals surface area contributed by atoms with Crippen molar-refractivity contribution in [2.24, 2.45) is 17.3 Å². The summed E-state index contributed by atoms with van der Waals surface area (Å²) in [5.74, 6) is 0. The summed E-state index contributed by atoms with van der Waals surface area (Å²) >= 11 is 6.15. The molecule has 20 heavy (non-hydrogen) atoms. The predicted octanol–water partition coefficient (Wildman–Crippen LogP) is 3.47. The van der Waals surface area contributed by atoms with Gasteiger partial charge in [0, 0.05) is 17.8 Å². The lowest BCUT2D eigenvalue weighted by Gasteiger charge is -2.04. The highest BCUT2D eigenvalue weighted by atomic mass is 35.5. The number of rotatable bonds is 2. The zero-order valence-corrected chi connectivity index (χ0v) is 12.8. The van der Waals surface area contributed by atoms with E-state index in [0.29, 0.717) is 10.6 Å². The van der Waals surface area contributed by atoms with Crippen LogP contribution < -0.4 is 5.49 Å². The lowest BCUT2D eigenvalue weighted by atomic mass is 10.2. The van der Waals surface area contributed by atoms with Gasteiger partial charge in [0.15, 0.2) is 10.6 Å². The normalized spacial score (nSPS) is 12.8. The summed E-state index contributed by atoms with van der Waals surface area (Å²) in [7, 11) is 1.81. The van der Waals surface area contributed by atoms with Crippen molar-refractivity contribution < 1.29 is 0 Å². The van der Waals surface area contributed by atoms with E-state index in [-0.39, 0.29) is 0 Å². The van der Waals surface area contributed by atoms with Gasteiger partial charge in [-0.3, -0.25) is 0 Å². The van der Waals surface area contributed by atoms with E-state index in [0.717, 1.165) is 16.5 Å². The fraction of sp³-hybridized carbons (Fsp3) is 0.267. The maximum atomic E-state index is 6.15. The minimum Gasteiger partial charge on any atom is -0.248 e. The van der Waals surface area contributed by atoms with Crippen molar-refractivity contribution in [2.45, 2.75) is 20.8 Å². The van der Waals surface area contributed by atoms with Gasteiger partial charge in [0.05, 0.1) is 5.71 Å². The largest absolute Gasteiger partial charge is 0.248 e. The molecule has 0 aliphatic carbocycles. The van der Waals surface area contributed by atoms with Crippen LogP contribution in [0.25, 0.3) is 10.8 Å². The molecule has 2 aromatic rings. The van der Waals surface area contributed by atoms with Gasteiger partial charge in [-0.15, -0.1) is 5.10 Å². The van der Waals surface area contributed by atoms with E-state index in [1.807, 2.05) is 58.2 Å². The van der Waals surface area contributed by atoms with Crippen molar-refractivity contribution in [1.82, 2.24) is 9.78 Å². The first kappa shape index (κ1) is 14.5. The second kappa shape index (κ2) is 6.01. The van der Waals surface area contributed by atoms with Crippen LogP contribution in [0.3, 0.4) is 0 Å². The third-order valence-corrected chi connectivity index (χ3v) is 3.01. The molecule has 0 saturated heterocycles. The molecule has 1 aromatic heterocycles. The Kier molecular flexibility index (Phi) is 4.35. The molecule has 0 aliphatic heterocycles. The fourth-order valence-electron chi connectivity index (χ4n) is 1.96. The number of hydrogen-bond acceptors (Lipinski definition) is 3. The minimum absolute atomic E-state index is 0.465. The van der Waals surface area contributed by atoms with Crippen molar-refractivity contribution in [1.29, 1.82) is 0 Å². The molecule has 4 nitrogen and oxygen atoms in total. The third-order valence-electron chi connectivity index (χ3n) is 2.73. The number of halogens is 1. The van der Waals surface area contributed by atoms with E-state index in [1.165, 1.54) is 5.57 Å². The fourth-order valence-corrected chi connectivity index (χ4v) is 2.23. The molecule has 0 fully saturated rings. The molecule has 0 unspecified atom stereocenters. The smallest absolute Gasteiger partial charge is 0.179 e. The van der Waals surface area contributed by atoms with E-state index < -0.39 is 0 Å². The number of nitrogens with zero attached hydrogens (tertiary/aromatic N) is 4. The zero-order valence-electron chi connectivity index (χ0n) is 12.1. The van der Waals surface area contributed by atoms with E-state index in [1.54, 1.807) is 4.68 Å². The molecule has 0 amide bonds. The minimum atomic E-state index is 0.465. The number of hydrogen-bond donors (Lipinski definition) is 0. The van der Waals surface area contributed by atoms with E-state index in [4.69, 9.17) is 11.6 Å². The first-order valence-corrected chi connectivity index (χ1v) is 6.71. The number of fused-ring (bicyclic) bond motifs is 1. The van der Waals surface area contributed by atoms with Crippen molar-refractivity contribution in [3.05, 3.63) is 46.6 Å². The molecule has 0 bridgehead atoms. The standard InChI is InChI=1S/C15H17ClN4/c1-10(2)9-11(3)17-18-15-13-8-6-5-7-12(13)14(16)19-20(15)4/h5-9H,1-4H3. The summed E-state index contributed by atoms with van der Waals surface area (Å²) in [6.45, 7) is 5.97. The average Bonchev–Trinajstić information content (AvgIpc) is 2.37. The van der Waals surface area contributed by atoms with E-state index in [2.05, 4.69) is 15.3 Å². The van der Waals surface area contributed by atoms with Crippen LogP contribution in [0.4, 0.5) is 0 Å². The van der Waals surface area contributed by atoms with Gasteiger partial charge in [-0.2, -0.15) is 10.2 Å². The van der Waals surface area contributed by atoms with Crippen molar-refractivity contribution in [3.63, 3.8) is 0 Å². The molecule has 104 valence electrons. The van der Waals surface area contributed by atoms with Gasteiger partial charge in [0.25, 0.3) is 0 Å². The highest BCUT2D eigenvalue weighted by Gasteiger charge is 2.04. The maximum absolute atomic E-state index is 6.15. The SMILES string of the molecule is CC(C)=CC(C)=NN=c1c2ccccc2c(Cl)nn1C. The molecule has 0 radical (unpaired) electrons. The summed E-state index contributed by atoms with van der Waals surface area (Å²) in [4.78, 5) is 0. The van der Waals surface area contributed by atoms with Crippen LogP contribution in [0.15, 0.2) is 46.1 Å². The molecule has 1 aromatic carbocycles. The summed E-state index contributed by atoms with van der Waals surface area (Å²) < 4.78 is 1.64. The molecule has 0 saturated carbocycles. The number of allylic oxidation sites excluding steroid dienone is 2. The quantitative estimate of drug-likeness (QED) is 0.616. The molecule has 2 rings (SSSR count). The highest BCUT2D eigenvalue weighted by molar-refractivity contribution is 6.34. The van der Waals surface area contributed by atoms with Crippen LogP contribution >= 0.6 is 11.6 Å². The first-order valence-electron chi connectivity index (χ1n) is 6.34. The molecule has 0 aliphatic rings. The molecule has 0 atom stereocenters. The van der Waals surface area contributed by atoms with Gasteiger partial charge < -0.3 is 0 Å². The molecule has 1 heterocycles. The second-order valence-corrected chi connectivity index (χ2v) is 5.20. The van der Waals surface area contributed by atoms with Crippen molar-refractivity contribution in [2.75, 3.05) is 0 Å². The second-order valence-electron chi connectivity index (χ2n) is 4.85.